The molecule has 5 heteroatoms. The Balaban J connectivity index is 1.36. The van der Waals surface area contributed by atoms with Crippen molar-refractivity contribution in [3.05, 3.63) is 58.7 Å². The summed E-state index contributed by atoms with van der Waals surface area (Å²) in [6.07, 6.45) is 2.43. The molecule has 0 amide bonds. The molecule has 5 nitrogen and oxygen atoms in total. The first kappa shape index (κ1) is 19.4. The van der Waals surface area contributed by atoms with Gasteiger partial charge in [-0.3, -0.25) is 4.79 Å². The summed E-state index contributed by atoms with van der Waals surface area (Å²) in [5.74, 6) is 0.615. The van der Waals surface area contributed by atoms with Crippen LogP contribution < -0.4 is 9.47 Å². The molecule has 1 N–H and O–H groups in total. The second kappa shape index (κ2) is 7.02. The number of carboxylic acids is 1. The predicted molar refractivity (Wildman–Crippen MR) is 112 cm³/mol. The predicted octanol–water partition coefficient (Wildman–Crippen LogP) is 5.19. The molecule has 2 unspecified atom stereocenters. The van der Waals surface area contributed by atoms with Gasteiger partial charge in [-0.15, -0.1) is 0 Å². The minimum absolute atomic E-state index is 0.00910. The van der Waals surface area contributed by atoms with E-state index in [1.54, 1.807) is 0 Å². The highest BCUT2D eigenvalue weighted by atomic mass is 16.5. The van der Waals surface area contributed by atoms with Crippen LogP contribution in [0.15, 0.2) is 36.4 Å². The Hall–Kier alpha value is -2.53. The summed E-state index contributed by atoms with van der Waals surface area (Å²) in [6.45, 7) is 7.10. The molecule has 0 bridgehead atoms. The molecular formula is C25H28O5. The van der Waals surface area contributed by atoms with Crippen molar-refractivity contribution >= 4 is 5.97 Å². The van der Waals surface area contributed by atoms with Crippen LogP contribution in [0.5, 0.6) is 11.5 Å². The maximum Gasteiger partial charge on any atom is 0.304 e. The van der Waals surface area contributed by atoms with E-state index in [0.717, 1.165) is 29.9 Å². The summed E-state index contributed by atoms with van der Waals surface area (Å²) in [5.41, 5.74) is 5.01. The first-order valence-corrected chi connectivity index (χ1v) is 10.8. The van der Waals surface area contributed by atoms with E-state index in [0.29, 0.717) is 6.61 Å². The van der Waals surface area contributed by atoms with E-state index in [-0.39, 0.29) is 36.1 Å². The van der Waals surface area contributed by atoms with Crippen LogP contribution in [0.4, 0.5) is 0 Å². The van der Waals surface area contributed by atoms with Crippen LogP contribution in [0.1, 0.15) is 74.0 Å². The van der Waals surface area contributed by atoms with Crippen molar-refractivity contribution in [3.8, 4) is 11.5 Å². The summed E-state index contributed by atoms with van der Waals surface area (Å²) in [7, 11) is 0. The summed E-state index contributed by atoms with van der Waals surface area (Å²) in [5, 5.41) is 9.08. The van der Waals surface area contributed by atoms with Crippen molar-refractivity contribution < 1.29 is 24.1 Å². The van der Waals surface area contributed by atoms with E-state index < -0.39 is 5.97 Å². The van der Waals surface area contributed by atoms with Gasteiger partial charge < -0.3 is 19.3 Å². The lowest BCUT2D eigenvalue weighted by molar-refractivity contribution is -0.230. The van der Waals surface area contributed by atoms with E-state index in [1.807, 2.05) is 18.2 Å². The number of rotatable bonds is 5. The van der Waals surface area contributed by atoms with Gasteiger partial charge in [-0.05, 0) is 42.5 Å². The van der Waals surface area contributed by atoms with Crippen LogP contribution in [0.25, 0.3) is 0 Å². The smallest absolute Gasteiger partial charge is 0.304 e. The Bertz CT molecular complexity index is 995. The molecule has 0 spiro atoms. The number of fused-ring (bicyclic) bond motifs is 2. The van der Waals surface area contributed by atoms with Crippen LogP contribution >= 0.6 is 0 Å². The van der Waals surface area contributed by atoms with Gasteiger partial charge in [0, 0.05) is 23.0 Å². The molecular weight excluding hydrogens is 380 g/mol. The maximum absolute atomic E-state index is 11.0. The summed E-state index contributed by atoms with van der Waals surface area (Å²) < 4.78 is 18.2. The van der Waals surface area contributed by atoms with Crippen LogP contribution in [0.3, 0.4) is 0 Å². The van der Waals surface area contributed by atoms with Crippen molar-refractivity contribution in [2.45, 2.75) is 64.3 Å². The summed E-state index contributed by atoms with van der Waals surface area (Å²) >= 11 is 0. The van der Waals surface area contributed by atoms with Gasteiger partial charge in [-0.1, -0.05) is 38.1 Å². The molecule has 1 saturated heterocycles. The van der Waals surface area contributed by atoms with Crippen molar-refractivity contribution in [2.24, 2.45) is 5.41 Å². The minimum Gasteiger partial charge on any atom is -0.492 e. The number of ether oxygens (including phenoxy) is 3. The second-order valence-electron chi connectivity index (χ2n) is 9.35. The Morgan fingerprint density at radius 2 is 2.00 bits per heavy atom. The van der Waals surface area contributed by atoms with E-state index in [2.05, 4.69) is 39.0 Å². The van der Waals surface area contributed by atoms with Crippen LogP contribution in [0.2, 0.25) is 0 Å². The van der Waals surface area contributed by atoms with Gasteiger partial charge in [0.2, 0.25) is 0 Å². The molecule has 0 radical (unpaired) electrons. The zero-order valence-electron chi connectivity index (χ0n) is 17.7. The van der Waals surface area contributed by atoms with E-state index >= 15 is 0 Å². The largest absolute Gasteiger partial charge is 0.492 e. The average molecular weight is 408 g/mol. The van der Waals surface area contributed by atoms with Crippen LogP contribution in [-0.4, -0.2) is 23.8 Å². The molecule has 158 valence electrons. The number of benzene rings is 2. The quantitative estimate of drug-likeness (QED) is 0.738. The molecule has 2 aromatic carbocycles. The van der Waals surface area contributed by atoms with E-state index in [1.165, 1.54) is 16.7 Å². The molecule has 2 aromatic rings. The first-order valence-electron chi connectivity index (χ1n) is 10.8. The van der Waals surface area contributed by atoms with Gasteiger partial charge in [-0.2, -0.15) is 0 Å². The summed E-state index contributed by atoms with van der Waals surface area (Å²) in [6, 6.07) is 12.3. The minimum atomic E-state index is -0.803. The van der Waals surface area contributed by atoms with Crippen LogP contribution in [-0.2, 0) is 16.0 Å². The number of carboxylic acid groups (broad SMARTS) is 1. The Labute approximate surface area is 177 Å². The normalized spacial score (nSPS) is 28.2. The van der Waals surface area contributed by atoms with Crippen LogP contribution in [0, 0.1) is 5.41 Å². The molecule has 1 aliphatic carbocycles. The zero-order valence-corrected chi connectivity index (χ0v) is 17.7. The fourth-order valence-electron chi connectivity index (χ4n) is 5.06. The third kappa shape index (κ3) is 3.07. The lowest BCUT2D eigenvalue weighted by atomic mass is 9.72. The van der Waals surface area contributed by atoms with Gasteiger partial charge in [0.15, 0.2) is 0 Å². The van der Waals surface area contributed by atoms with Gasteiger partial charge in [0.1, 0.15) is 17.6 Å². The zero-order chi connectivity index (χ0) is 21.0. The molecule has 4 atom stereocenters. The monoisotopic (exact) mass is 408 g/mol. The Morgan fingerprint density at radius 3 is 2.73 bits per heavy atom. The lowest BCUT2D eigenvalue weighted by Gasteiger charge is -2.51. The maximum atomic E-state index is 11.0. The van der Waals surface area contributed by atoms with Crippen molar-refractivity contribution in [1.82, 2.24) is 0 Å². The first-order chi connectivity index (χ1) is 14.3. The molecule has 3 aliphatic rings. The Morgan fingerprint density at radius 1 is 1.20 bits per heavy atom. The van der Waals surface area contributed by atoms with Gasteiger partial charge in [0.25, 0.3) is 0 Å². The molecule has 30 heavy (non-hydrogen) atoms. The second-order valence-corrected chi connectivity index (χ2v) is 9.35. The highest BCUT2D eigenvalue weighted by Crippen LogP contribution is 2.53. The topological polar surface area (TPSA) is 65.0 Å². The highest BCUT2D eigenvalue weighted by Gasteiger charge is 2.49. The fourth-order valence-corrected chi connectivity index (χ4v) is 5.06. The molecule has 5 rings (SSSR count). The molecule has 1 fully saturated rings. The summed E-state index contributed by atoms with van der Waals surface area (Å²) in [4.78, 5) is 11.0. The third-order valence-electron chi connectivity index (χ3n) is 7.16. The SMILES string of the molecule is CC1O[C@H](c2cccc3c2CC[C@@H]3Oc2ccc3c(c2)OCC3CC(=O)O)C1(C)C. The van der Waals surface area contributed by atoms with E-state index in [9.17, 15) is 4.79 Å². The Kier molecular flexibility index (Phi) is 4.55. The number of aliphatic carboxylic acids is 1. The molecule has 2 aliphatic heterocycles. The van der Waals surface area contributed by atoms with E-state index in [4.69, 9.17) is 19.3 Å². The number of carbonyl (C=O) groups is 1. The molecule has 0 saturated carbocycles. The number of hydrogen-bond acceptors (Lipinski definition) is 4. The fraction of sp³-hybridized carbons (Fsp3) is 0.480. The molecule has 0 aromatic heterocycles. The highest BCUT2D eigenvalue weighted by molar-refractivity contribution is 5.68. The van der Waals surface area contributed by atoms with Crippen molar-refractivity contribution in [3.63, 3.8) is 0 Å². The standard InChI is InChI=1S/C25H28O5/c1-14-25(2,3)24(29-14)20-6-4-5-19-18(20)9-10-21(19)30-16-7-8-17-15(11-23(26)27)13-28-22(17)12-16/h4-8,12,14-15,21,24H,9-11,13H2,1-3H3,(H,26,27)/t14?,15?,21-,24+/m0/s1. The lowest BCUT2D eigenvalue weighted by Crippen LogP contribution is -2.48. The van der Waals surface area contributed by atoms with Crippen molar-refractivity contribution in [1.29, 1.82) is 0 Å². The van der Waals surface area contributed by atoms with Gasteiger partial charge in [0.05, 0.1) is 25.2 Å². The molecule has 2 heterocycles. The third-order valence-corrected chi connectivity index (χ3v) is 7.16. The average Bonchev–Trinajstić information content (AvgIpc) is 3.30. The van der Waals surface area contributed by atoms with Gasteiger partial charge in [-0.25, -0.2) is 0 Å². The number of hydrogen-bond donors (Lipinski definition) is 1. The van der Waals surface area contributed by atoms with Crippen molar-refractivity contribution in [2.75, 3.05) is 6.61 Å². The van der Waals surface area contributed by atoms with Gasteiger partial charge >= 0.3 is 5.97 Å².